The van der Waals surface area contributed by atoms with Crippen LogP contribution in [0.3, 0.4) is 0 Å². The first-order valence-electron chi connectivity index (χ1n) is 11.1. The molecule has 2 aromatic heterocycles. The molecule has 0 aliphatic carbocycles. The minimum atomic E-state index is -0.0877. The number of hydrogen-bond donors (Lipinski definition) is 0. The Balaban J connectivity index is 1.33. The Hall–Kier alpha value is -4.19. The summed E-state index contributed by atoms with van der Waals surface area (Å²) in [7, 11) is 0. The Morgan fingerprint density at radius 1 is 0.879 bits per heavy atom. The van der Waals surface area contributed by atoms with Crippen molar-refractivity contribution >= 4 is 27.9 Å². The zero-order chi connectivity index (χ0) is 22.4. The van der Waals surface area contributed by atoms with Gasteiger partial charge >= 0.3 is 0 Å². The van der Waals surface area contributed by atoms with Gasteiger partial charge in [0, 0.05) is 36.6 Å². The summed E-state index contributed by atoms with van der Waals surface area (Å²) in [6.45, 7) is 1.23. The summed E-state index contributed by atoms with van der Waals surface area (Å²) >= 11 is 0. The molecule has 1 fully saturated rings. The van der Waals surface area contributed by atoms with Gasteiger partial charge in [0.1, 0.15) is 5.52 Å². The van der Waals surface area contributed by atoms with E-state index in [1.165, 1.54) is 0 Å². The van der Waals surface area contributed by atoms with E-state index in [1.54, 1.807) is 15.3 Å². The zero-order valence-corrected chi connectivity index (χ0v) is 18.0. The molecular weight excluding hydrogens is 412 g/mol. The van der Waals surface area contributed by atoms with Crippen LogP contribution in [0.15, 0.2) is 90.0 Å². The van der Waals surface area contributed by atoms with Gasteiger partial charge < -0.3 is 9.47 Å². The number of carbonyl (C=O) groups is 1. The lowest BCUT2D eigenvalue weighted by atomic mass is 10.0. The van der Waals surface area contributed by atoms with E-state index in [2.05, 4.69) is 23.3 Å². The molecule has 6 rings (SSSR count). The Morgan fingerprint density at radius 2 is 1.70 bits per heavy atom. The van der Waals surface area contributed by atoms with Gasteiger partial charge in [-0.3, -0.25) is 9.59 Å². The van der Waals surface area contributed by atoms with Crippen molar-refractivity contribution in [3.05, 3.63) is 101 Å². The minimum Gasteiger partial charge on any atom is -0.312 e. The highest BCUT2D eigenvalue weighted by molar-refractivity contribution is 5.96. The second-order valence-electron chi connectivity index (χ2n) is 8.43. The molecular formula is C27H22N4O2. The number of amides is 1. The van der Waals surface area contributed by atoms with Crippen molar-refractivity contribution in [3.63, 3.8) is 0 Å². The van der Waals surface area contributed by atoms with Gasteiger partial charge in [-0.15, -0.1) is 0 Å². The SMILES string of the molecule is O=C1CCCN1c1ccc(Cn2ccn3nc(-c4cccc5ccccc45)cc3c2=O)cc1. The number of benzene rings is 3. The fourth-order valence-electron chi connectivity index (χ4n) is 4.63. The molecule has 0 radical (unpaired) electrons. The maximum absolute atomic E-state index is 13.2. The van der Waals surface area contributed by atoms with E-state index in [4.69, 9.17) is 0 Å². The molecule has 1 aliphatic rings. The molecule has 6 nitrogen and oxygen atoms in total. The van der Waals surface area contributed by atoms with Gasteiger partial charge in [-0.05, 0) is 41.0 Å². The molecule has 162 valence electrons. The summed E-state index contributed by atoms with van der Waals surface area (Å²) in [6, 6.07) is 24.1. The first kappa shape index (κ1) is 19.5. The van der Waals surface area contributed by atoms with Gasteiger partial charge in [-0.1, -0.05) is 54.6 Å². The Morgan fingerprint density at radius 3 is 2.52 bits per heavy atom. The summed E-state index contributed by atoms with van der Waals surface area (Å²) in [5, 5.41) is 6.92. The van der Waals surface area contributed by atoms with Crippen molar-refractivity contribution in [2.45, 2.75) is 19.4 Å². The third-order valence-corrected chi connectivity index (χ3v) is 6.34. The van der Waals surface area contributed by atoms with Crippen molar-refractivity contribution in [2.24, 2.45) is 0 Å². The predicted molar refractivity (Wildman–Crippen MR) is 130 cm³/mol. The van der Waals surface area contributed by atoms with E-state index < -0.39 is 0 Å². The summed E-state index contributed by atoms with van der Waals surface area (Å²) in [5.74, 6) is 0.173. The molecule has 3 aromatic carbocycles. The predicted octanol–water partition coefficient (Wildman–Crippen LogP) is 4.49. The van der Waals surface area contributed by atoms with Gasteiger partial charge in [0.25, 0.3) is 5.56 Å². The maximum Gasteiger partial charge on any atom is 0.276 e. The largest absolute Gasteiger partial charge is 0.312 e. The van der Waals surface area contributed by atoms with Crippen molar-refractivity contribution in [1.29, 1.82) is 0 Å². The van der Waals surface area contributed by atoms with E-state index >= 15 is 0 Å². The lowest BCUT2D eigenvalue weighted by Crippen LogP contribution is -2.24. The van der Waals surface area contributed by atoms with Crippen LogP contribution in [-0.2, 0) is 11.3 Å². The van der Waals surface area contributed by atoms with Crippen LogP contribution in [0, 0.1) is 0 Å². The van der Waals surface area contributed by atoms with Crippen molar-refractivity contribution in [2.75, 3.05) is 11.4 Å². The smallest absolute Gasteiger partial charge is 0.276 e. The van der Waals surface area contributed by atoms with Crippen LogP contribution >= 0.6 is 0 Å². The molecule has 3 heterocycles. The Labute approximate surface area is 190 Å². The topological polar surface area (TPSA) is 59.6 Å². The monoisotopic (exact) mass is 434 g/mol. The van der Waals surface area contributed by atoms with Crippen molar-refractivity contribution in [1.82, 2.24) is 14.2 Å². The van der Waals surface area contributed by atoms with Gasteiger partial charge in [0.2, 0.25) is 5.91 Å². The average molecular weight is 434 g/mol. The number of rotatable bonds is 4. The minimum absolute atomic E-state index is 0.0877. The lowest BCUT2D eigenvalue weighted by Gasteiger charge is -2.16. The summed E-state index contributed by atoms with van der Waals surface area (Å²) in [4.78, 5) is 27.0. The second-order valence-corrected chi connectivity index (χ2v) is 8.43. The molecule has 5 aromatic rings. The molecule has 0 saturated carbocycles. The van der Waals surface area contributed by atoms with Crippen LogP contribution < -0.4 is 10.5 Å². The molecule has 0 N–H and O–H groups in total. The molecule has 0 spiro atoms. The van der Waals surface area contributed by atoms with Crippen molar-refractivity contribution < 1.29 is 4.79 Å². The van der Waals surface area contributed by atoms with Gasteiger partial charge in [0.05, 0.1) is 12.2 Å². The summed E-state index contributed by atoms with van der Waals surface area (Å²) < 4.78 is 3.35. The fourth-order valence-corrected chi connectivity index (χ4v) is 4.63. The average Bonchev–Trinajstić information content (AvgIpc) is 3.48. The van der Waals surface area contributed by atoms with Crippen LogP contribution in [0.4, 0.5) is 5.69 Å². The molecule has 0 atom stereocenters. The summed E-state index contributed by atoms with van der Waals surface area (Å²) in [5.41, 5.74) is 4.16. The van der Waals surface area contributed by atoms with Gasteiger partial charge in [-0.2, -0.15) is 5.10 Å². The van der Waals surface area contributed by atoms with Crippen LogP contribution in [0.1, 0.15) is 18.4 Å². The fraction of sp³-hybridized carbons (Fsp3) is 0.148. The van der Waals surface area contributed by atoms with Crippen LogP contribution in [0.5, 0.6) is 0 Å². The third kappa shape index (κ3) is 3.40. The van der Waals surface area contributed by atoms with E-state index in [1.807, 2.05) is 65.7 Å². The summed E-state index contributed by atoms with van der Waals surface area (Å²) in [6.07, 6.45) is 5.11. The molecule has 33 heavy (non-hydrogen) atoms. The third-order valence-electron chi connectivity index (χ3n) is 6.34. The van der Waals surface area contributed by atoms with E-state index in [0.29, 0.717) is 18.5 Å². The van der Waals surface area contributed by atoms with Crippen molar-refractivity contribution in [3.8, 4) is 11.3 Å². The second kappa shape index (κ2) is 7.74. The molecule has 0 bridgehead atoms. The first-order valence-corrected chi connectivity index (χ1v) is 11.1. The number of fused-ring (bicyclic) bond motifs is 2. The molecule has 6 heteroatoms. The van der Waals surface area contributed by atoms with E-state index in [9.17, 15) is 9.59 Å². The molecule has 0 unspecified atom stereocenters. The number of anilines is 1. The molecule has 1 amide bonds. The highest BCUT2D eigenvalue weighted by Gasteiger charge is 2.21. The maximum atomic E-state index is 13.2. The normalized spacial score (nSPS) is 13.9. The Kier molecular flexibility index (Phi) is 4.57. The highest BCUT2D eigenvalue weighted by atomic mass is 16.2. The number of carbonyl (C=O) groups excluding carboxylic acids is 1. The quantitative estimate of drug-likeness (QED) is 0.419. The number of hydrogen-bond acceptors (Lipinski definition) is 3. The Bertz CT molecular complexity index is 1560. The van der Waals surface area contributed by atoms with E-state index in [0.717, 1.165) is 46.2 Å². The molecule has 1 aliphatic heterocycles. The highest BCUT2D eigenvalue weighted by Crippen LogP contribution is 2.28. The van der Waals surface area contributed by atoms with Gasteiger partial charge in [-0.25, -0.2) is 4.52 Å². The number of nitrogens with zero attached hydrogens (tertiary/aromatic N) is 4. The number of aromatic nitrogens is 3. The van der Waals surface area contributed by atoms with E-state index in [-0.39, 0.29) is 11.5 Å². The zero-order valence-electron chi connectivity index (χ0n) is 18.0. The first-order chi connectivity index (χ1) is 16.2. The van der Waals surface area contributed by atoms with Crippen LogP contribution in [0.2, 0.25) is 0 Å². The van der Waals surface area contributed by atoms with Gasteiger partial charge in [0.15, 0.2) is 0 Å². The molecule has 1 saturated heterocycles. The van der Waals surface area contributed by atoms with Crippen LogP contribution in [0.25, 0.3) is 27.5 Å². The van der Waals surface area contributed by atoms with Crippen LogP contribution in [-0.4, -0.2) is 26.6 Å². The standard InChI is InChI=1S/C27H22N4O2/c32-26-9-4-14-30(26)21-12-10-19(11-13-21)18-29-15-16-31-25(27(29)33)17-24(28-31)23-8-3-6-20-5-1-2-7-22(20)23/h1-3,5-8,10-13,15-17H,4,9,14,18H2. The lowest BCUT2D eigenvalue weighted by molar-refractivity contribution is -0.117.